The molecule has 0 aromatic heterocycles. The van der Waals surface area contributed by atoms with Crippen molar-refractivity contribution < 1.29 is 64.3 Å². The number of nitrogens with two attached hydrogens (primary N) is 2. The van der Waals surface area contributed by atoms with Gasteiger partial charge in [-0.3, -0.25) is 25.6 Å². The standard InChI is InChI=1S/C41H63N7O11/c42-28-15-20(9-11-44-28)10-13-56-37-34(54)33(53)27(18-50)58-40(37)59-35-22(16-21-5-1-4-8-26(21)48-19-45-30-38(48)46-41(43)47-39(30)55)17-25-29(36(35)57-14-12-49)32(52)24-7-3-2-6-23(24)31(25)51/h20-29,33-37,40,44,49-50,53-54H,1-19,42H2,(H2,43,47,55)/p+1. The first-order chi connectivity index (χ1) is 28.6. The molecule has 4 heterocycles. The Labute approximate surface area is 344 Å². The van der Waals surface area contributed by atoms with Crippen LogP contribution in [0.15, 0.2) is 15.0 Å². The second-order valence-corrected chi connectivity index (χ2v) is 18.3. The summed E-state index contributed by atoms with van der Waals surface area (Å²) >= 11 is 0. The van der Waals surface area contributed by atoms with E-state index in [2.05, 4.69) is 20.3 Å². The summed E-state index contributed by atoms with van der Waals surface area (Å²) in [5, 5.41) is 65.8. The van der Waals surface area contributed by atoms with Crippen molar-refractivity contribution in [3.8, 4) is 0 Å². The van der Waals surface area contributed by atoms with Crippen LogP contribution >= 0.6 is 0 Å². The van der Waals surface area contributed by atoms with Crippen LogP contribution in [0.2, 0.25) is 0 Å². The van der Waals surface area contributed by atoms with Gasteiger partial charge in [0.15, 0.2) is 18.7 Å². The lowest BCUT2D eigenvalue weighted by Gasteiger charge is -2.53. The Balaban J connectivity index is 1.11. The Morgan fingerprint density at radius 2 is 1.63 bits per heavy atom. The number of hydrogen-bond donors (Lipinski definition) is 8. The normalized spacial score (nSPS) is 43.9. The van der Waals surface area contributed by atoms with Gasteiger partial charge in [0.25, 0.3) is 5.84 Å². The molecular formula is C41H64N7O11+. The zero-order valence-corrected chi connectivity index (χ0v) is 33.8. The highest BCUT2D eigenvalue weighted by molar-refractivity contribution is 6.66. The van der Waals surface area contributed by atoms with Crippen LogP contribution in [0.5, 0.6) is 0 Å². The lowest BCUT2D eigenvalue weighted by molar-refractivity contribution is -0.835. The molecule has 4 aliphatic carbocycles. The van der Waals surface area contributed by atoms with E-state index in [9.17, 15) is 35.1 Å². The van der Waals surface area contributed by atoms with Crippen LogP contribution in [0.25, 0.3) is 0 Å². The number of fused-ring (bicyclic) bond motifs is 3. The average Bonchev–Trinajstić information content (AvgIpc) is 3.66. The molecule has 4 aliphatic heterocycles. The van der Waals surface area contributed by atoms with E-state index in [1.54, 1.807) is 0 Å². The summed E-state index contributed by atoms with van der Waals surface area (Å²) in [7, 11) is 0. The first-order valence-corrected chi connectivity index (χ1v) is 22.2. The third-order valence-electron chi connectivity index (χ3n) is 14.9. The predicted molar refractivity (Wildman–Crippen MR) is 208 cm³/mol. The zero-order chi connectivity index (χ0) is 41.4. The molecule has 8 rings (SSSR count). The Bertz CT molecular complexity index is 1650. The van der Waals surface area contributed by atoms with Crippen molar-refractivity contribution in [1.82, 2.24) is 0 Å². The molecule has 18 heteroatoms. The first-order valence-electron chi connectivity index (χ1n) is 22.2. The van der Waals surface area contributed by atoms with Crippen molar-refractivity contribution in [3.05, 3.63) is 0 Å². The number of amidine groups is 1. The maximum Gasteiger partial charge on any atom is 0.258 e. The van der Waals surface area contributed by atoms with Crippen molar-refractivity contribution in [2.45, 2.75) is 139 Å². The van der Waals surface area contributed by atoms with E-state index in [-0.39, 0.29) is 73.0 Å². The van der Waals surface area contributed by atoms with E-state index in [0.29, 0.717) is 50.5 Å². The maximum atomic E-state index is 14.6. The highest BCUT2D eigenvalue weighted by Gasteiger charge is 2.60. The molecule has 17 unspecified atom stereocenters. The number of guanidine groups is 1. The zero-order valence-electron chi connectivity index (χ0n) is 33.8. The van der Waals surface area contributed by atoms with Gasteiger partial charge in [0, 0.05) is 49.0 Å². The third kappa shape index (κ3) is 8.74. The lowest BCUT2D eigenvalue weighted by atomic mass is 9.55. The summed E-state index contributed by atoms with van der Waals surface area (Å²) in [4.78, 5) is 42.6. The van der Waals surface area contributed by atoms with E-state index < -0.39 is 73.2 Å². The van der Waals surface area contributed by atoms with Gasteiger partial charge in [-0.2, -0.15) is 4.99 Å². The van der Waals surface area contributed by atoms with Crippen LogP contribution < -0.4 is 21.1 Å². The number of carbonyl (C=O) groups excluding carboxylic acids is 2. The van der Waals surface area contributed by atoms with Gasteiger partial charge < -0.3 is 49.8 Å². The average molecular weight is 831 g/mol. The molecule has 4 saturated carbocycles. The number of rotatable bonds is 13. The Hall–Kier alpha value is -2.62. The van der Waals surface area contributed by atoms with Crippen molar-refractivity contribution >= 4 is 35.0 Å². The fraction of sp³-hybridized carbons (Fsp3) is 0.854. The van der Waals surface area contributed by atoms with Gasteiger partial charge in [0.05, 0.1) is 50.5 Å². The van der Waals surface area contributed by atoms with Crippen molar-refractivity contribution in [3.63, 3.8) is 0 Å². The highest BCUT2D eigenvalue weighted by Crippen LogP contribution is 2.51. The molecule has 0 aromatic carbocycles. The molecule has 18 nitrogen and oxygen atoms in total. The van der Waals surface area contributed by atoms with E-state index in [0.717, 1.165) is 62.8 Å². The molecule has 10 N–H and O–H groups in total. The summed E-state index contributed by atoms with van der Waals surface area (Å²) in [6.07, 6.45) is 1.68. The van der Waals surface area contributed by atoms with E-state index in [1.165, 1.54) is 0 Å². The summed E-state index contributed by atoms with van der Waals surface area (Å²) in [6, 6.07) is -0.0210. The van der Waals surface area contributed by atoms with Gasteiger partial charge in [0.2, 0.25) is 5.96 Å². The Kier molecular flexibility index (Phi) is 13.7. The number of aliphatic hydroxyl groups is 4. The smallest absolute Gasteiger partial charge is 0.258 e. The number of hydrogen-bond acceptors (Lipinski definition) is 14. The number of piperidine rings is 1. The van der Waals surface area contributed by atoms with Gasteiger partial charge in [-0.05, 0) is 63.2 Å². The quantitative estimate of drug-likeness (QED) is 0.0852. The van der Waals surface area contributed by atoms with Crippen LogP contribution in [0, 0.1) is 46.8 Å². The minimum Gasteiger partial charge on any atom is -0.857 e. The Morgan fingerprint density at radius 3 is 2.39 bits per heavy atom. The number of quaternary nitrogens is 2. The molecule has 17 atom stereocenters. The summed E-state index contributed by atoms with van der Waals surface area (Å²) in [5.41, 5.74) is 6.40. The molecule has 2 saturated heterocycles. The van der Waals surface area contributed by atoms with Crippen LogP contribution in [0.1, 0.15) is 83.5 Å². The van der Waals surface area contributed by atoms with Crippen molar-refractivity contribution in [2.75, 3.05) is 39.6 Å². The number of ether oxygens (including phenoxy) is 4. The summed E-state index contributed by atoms with van der Waals surface area (Å²) in [6.45, 7) is 0.427. The molecule has 0 bridgehead atoms. The molecule has 6 fully saturated rings. The largest absolute Gasteiger partial charge is 0.857 e. The number of Topliss-reactive ketones (excluding diaryl/α,β-unsaturated/α-hetero) is 2. The van der Waals surface area contributed by atoms with Crippen LogP contribution in [-0.2, 0) is 28.5 Å². The molecule has 8 aliphatic rings. The minimum absolute atomic E-state index is 0.00662. The number of aliphatic hydroxyl groups excluding tert-OH is 4. The molecule has 0 aromatic rings. The van der Waals surface area contributed by atoms with Crippen LogP contribution in [-0.4, -0.2) is 150 Å². The lowest BCUT2D eigenvalue weighted by Crippen LogP contribution is -3.18. The second kappa shape index (κ2) is 18.8. The summed E-state index contributed by atoms with van der Waals surface area (Å²) in [5.74, 6) is -2.53. The van der Waals surface area contributed by atoms with E-state index in [4.69, 9.17) is 30.1 Å². The highest BCUT2D eigenvalue weighted by atomic mass is 16.7. The first kappa shape index (κ1) is 43.0. The van der Waals surface area contributed by atoms with Crippen molar-refractivity contribution in [2.24, 2.45) is 62.1 Å². The van der Waals surface area contributed by atoms with Gasteiger partial charge in [-0.25, -0.2) is 9.98 Å². The number of nitrogens with zero attached hydrogens (tertiary/aromatic N) is 3. The fourth-order valence-electron chi connectivity index (χ4n) is 12.0. The van der Waals surface area contributed by atoms with Gasteiger partial charge in [-0.1, -0.05) is 19.3 Å². The minimum atomic E-state index is -1.47. The van der Waals surface area contributed by atoms with Crippen LogP contribution in [0.3, 0.4) is 0 Å². The third-order valence-corrected chi connectivity index (χ3v) is 14.9. The van der Waals surface area contributed by atoms with E-state index in [1.807, 2.05) is 0 Å². The number of aliphatic imine (C=N–C) groups is 3. The second-order valence-electron chi connectivity index (χ2n) is 18.3. The van der Waals surface area contributed by atoms with Gasteiger partial charge >= 0.3 is 0 Å². The van der Waals surface area contributed by atoms with E-state index >= 15 is 0 Å². The Morgan fingerprint density at radius 1 is 0.881 bits per heavy atom. The topological polar surface area (TPSA) is 283 Å². The SMILES string of the molecule is N=C1N=C([O-])C2=NC[NH+](C3CCCCC3CC3CC4C(=O)C5CCCCC5C(=O)C4C(OCCO)C3OC3OC(CO)C(O)C(O)C3OCCC3CC[NH2+]C(N)C3)C2=N1. The molecule has 0 amide bonds. The van der Waals surface area contributed by atoms with Crippen molar-refractivity contribution in [1.29, 1.82) is 5.41 Å². The number of ketones is 2. The summed E-state index contributed by atoms with van der Waals surface area (Å²) < 4.78 is 26.1. The van der Waals surface area contributed by atoms with Gasteiger partial charge in [-0.15, -0.1) is 0 Å². The molecule has 0 radical (unpaired) electrons. The molecule has 59 heavy (non-hydrogen) atoms. The monoisotopic (exact) mass is 830 g/mol. The number of carbonyl (C=O) groups is 2. The molecule has 328 valence electrons. The van der Waals surface area contributed by atoms with Crippen LogP contribution in [0.4, 0.5) is 0 Å². The fourth-order valence-corrected chi connectivity index (χ4v) is 12.0. The number of nitrogens with one attached hydrogen (secondary N) is 2. The maximum absolute atomic E-state index is 14.6. The predicted octanol–water partition coefficient (Wildman–Crippen LogP) is -3.22. The molecular weight excluding hydrogens is 766 g/mol. The molecule has 0 spiro atoms. The van der Waals surface area contributed by atoms with Gasteiger partial charge in [0.1, 0.15) is 42.1 Å².